The third-order valence-electron chi connectivity index (χ3n) is 4.89. The zero-order valence-corrected chi connectivity index (χ0v) is 10.6. The van der Waals surface area contributed by atoms with E-state index in [9.17, 15) is 14.9 Å². The second-order valence-electron chi connectivity index (χ2n) is 5.75. The number of likely N-dealkylation sites (tertiary alicyclic amines) is 1. The van der Waals surface area contributed by atoms with Crippen LogP contribution in [-0.2, 0) is 9.59 Å². The van der Waals surface area contributed by atoms with Crippen LogP contribution < -0.4 is 0 Å². The average molecular weight is 244 g/mol. The standard InChI is InChI=1S/C14H16N2O2/c1-3-14(2,7-15)16-12(17)10-8-4-5-9(6-8)11(10)13(16)18/h4-5,8-11H,3,6H2,1-2H3. The molecule has 4 heteroatoms. The zero-order chi connectivity index (χ0) is 13.1. The van der Waals surface area contributed by atoms with E-state index in [2.05, 4.69) is 18.2 Å². The summed E-state index contributed by atoms with van der Waals surface area (Å²) in [6, 6.07) is 2.13. The van der Waals surface area contributed by atoms with Gasteiger partial charge in [-0.25, -0.2) is 0 Å². The first kappa shape index (κ1) is 11.5. The first-order valence-corrected chi connectivity index (χ1v) is 6.51. The van der Waals surface area contributed by atoms with Gasteiger partial charge in [0.2, 0.25) is 11.8 Å². The van der Waals surface area contributed by atoms with Crippen molar-refractivity contribution in [3.63, 3.8) is 0 Å². The Bertz CT molecular complexity index is 474. The first-order valence-electron chi connectivity index (χ1n) is 6.51. The van der Waals surface area contributed by atoms with Crippen LogP contribution in [0.3, 0.4) is 0 Å². The molecule has 2 bridgehead atoms. The van der Waals surface area contributed by atoms with Crippen molar-refractivity contribution in [3.05, 3.63) is 12.2 Å². The lowest BCUT2D eigenvalue weighted by Crippen LogP contribution is -2.49. The Labute approximate surface area is 106 Å². The minimum atomic E-state index is -0.988. The summed E-state index contributed by atoms with van der Waals surface area (Å²) in [6.07, 6.45) is 5.53. The van der Waals surface area contributed by atoms with Gasteiger partial charge in [-0.2, -0.15) is 5.26 Å². The summed E-state index contributed by atoms with van der Waals surface area (Å²) in [4.78, 5) is 26.2. The van der Waals surface area contributed by atoms with Gasteiger partial charge in [0.25, 0.3) is 0 Å². The quantitative estimate of drug-likeness (QED) is 0.546. The molecule has 5 unspecified atom stereocenters. The molecule has 2 aliphatic carbocycles. The highest BCUT2D eigenvalue weighted by Crippen LogP contribution is 2.53. The summed E-state index contributed by atoms with van der Waals surface area (Å²) >= 11 is 0. The molecule has 3 aliphatic rings. The Morgan fingerprint density at radius 1 is 1.33 bits per heavy atom. The predicted molar refractivity (Wildman–Crippen MR) is 63.9 cm³/mol. The molecule has 3 rings (SSSR count). The van der Waals surface area contributed by atoms with Gasteiger partial charge in [0.05, 0.1) is 17.9 Å². The van der Waals surface area contributed by atoms with Crippen LogP contribution in [0.4, 0.5) is 0 Å². The van der Waals surface area contributed by atoms with Crippen LogP contribution in [0.5, 0.6) is 0 Å². The molecule has 94 valence electrons. The first-order chi connectivity index (χ1) is 8.53. The van der Waals surface area contributed by atoms with Gasteiger partial charge < -0.3 is 0 Å². The summed E-state index contributed by atoms with van der Waals surface area (Å²) in [5.74, 6) is -0.249. The molecule has 5 atom stereocenters. The minimum Gasteiger partial charge on any atom is -0.274 e. The van der Waals surface area contributed by atoms with E-state index in [1.165, 1.54) is 4.90 Å². The highest BCUT2D eigenvalue weighted by atomic mass is 16.2. The largest absolute Gasteiger partial charge is 0.274 e. The van der Waals surface area contributed by atoms with Crippen molar-refractivity contribution < 1.29 is 9.59 Å². The molecule has 2 amide bonds. The second-order valence-corrected chi connectivity index (χ2v) is 5.75. The third-order valence-corrected chi connectivity index (χ3v) is 4.89. The molecule has 18 heavy (non-hydrogen) atoms. The van der Waals surface area contributed by atoms with Crippen LogP contribution in [-0.4, -0.2) is 22.3 Å². The molecule has 0 radical (unpaired) electrons. The van der Waals surface area contributed by atoms with E-state index in [1.54, 1.807) is 6.92 Å². The van der Waals surface area contributed by atoms with E-state index in [0.29, 0.717) is 6.42 Å². The molecule has 0 aromatic carbocycles. The van der Waals surface area contributed by atoms with Crippen LogP contribution in [0.25, 0.3) is 0 Å². The second kappa shape index (κ2) is 3.44. The topological polar surface area (TPSA) is 61.2 Å². The fourth-order valence-electron chi connectivity index (χ4n) is 3.68. The van der Waals surface area contributed by atoms with Gasteiger partial charge in [-0.05, 0) is 31.6 Å². The van der Waals surface area contributed by atoms with Crippen molar-refractivity contribution in [1.29, 1.82) is 5.26 Å². The normalized spacial score (nSPS) is 39.9. The van der Waals surface area contributed by atoms with Gasteiger partial charge in [0.15, 0.2) is 0 Å². The van der Waals surface area contributed by atoms with Crippen molar-refractivity contribution in [2.45, 2.75) is 32.2 Å². The summed E-state index contributed by atoms with van der Waals surface area (Å²) in [7, 11) is 0. The van der Waals surface area contributed by atoms with Gasteiger partial charge in [-0.1, -0.05) is 19.1 Å². The van der Waals surface area contributed by atoms with Crippen LogP contribution in [0, 0.1) is 35.0 Å². The molecular formula is C14H16N2O2. The molecule has 0 spiro atoms. The van der Waals surface area contributed by atoms with Crippen molar-refractivity contribution in [2.75, 3.05) is 0 Å². The summed E-state index contributed by atoms with van der Waals surface area (Å²) < 4.78 is 0. The van der Waals surface area contributed by atoms with Crippen molar-refractivity contribution in [2.24, 2.45) is 23.7 Å². The molecule has 1 heterocycles. The number of imide groups is 1. The van der Waals surface area contributed by atoms with Crippen molar-refractivity contribution in [1.82, 2.24) is 4.90 Å². The van der Waals surface area contributed by atoms with E-state index >= 15 is 0 Å². The Balaban J connectivity index is 2.01. The van der Waals surface area contributed by atoms with E-state index in [0.717, 1.165) is 6.42 Å². The Morgan fingerprint density at radius 3 is 2.22 bits per heavy atom. The van der Waals surface area contributed by atoms with Gasteiger partial charge >= 0.3 is 0 Å². The van der Waals surface area contributed by atoms with E-state index in [-0.39, 0.29) is 35.5 Å². The van der Waals surface area contributed by atoms with Crippen molar-refractivity contribution >= 4 is 11.8 Å². The fourth-order valence-corrected chi connectivity index (χ4v) is 3.68. The molecular weight excluding hydrogens is 228 g/mol. The third kappa shape index (κ3) is 1.14. The van der Waals surface area contributed by atoms with Crippen LogP contribution in [0.15, 0.2) is 12.2 Å². The molecule has 0 aromatic heterocycles. The maximum absolute atomic E-state index is 12.5. The van der Waals surface area contributed by atoms with Gasteiger partial charge in [0, 0.05) is 0 Å². The predicted octanol–water partition coefficient (Wildman–Crippen LogP) is 1.49. The van der Waals surface area contributed by atoms with Crippen LogP contribution in [0.1, 0.15) is 26.7 Å². The highest BCUT2D eigenvalue weighted by Gasteiger charge is 2.62. The molecule has 0 aromatic rings. The molecule has 1 saturated carbocycles. The SMILES string of the molecule is CCC(C)(C#N)N1C(=O)C2C3C=CC(C3)C2C1=O. The minimum absolute atomic E-state index is 0.132. The number of rotatable bonds is 2. The highest BCUT2D eigenvalue weighted by molar-refractivity contribution is 6.07. The molecule has 1 saturated heterocycles. The number of hydrogen-bond donors (Lipinski definition) is 0. The lowest BCUT2D eigenvalue weighted by Gasteiger charge is -2.31. The smallest absolute Gasteiger partial charge is 0.235 e. The Kier molecular flexibility index (Phi) is 2.19. The molecule has 4 nitrogen and oxygen atoms in total. The zero-order valence-electron chi connectivity index (χ0n) is 10.6. The average Bonchev–Trinajstić information content (AvgIpc) is 3.03. The number of fused-ring (bicyclic) bond motifs is 5. The summed E-state index contributed by atoms with van der Waals surface area (Å²) in [5, 5.41) is 9.28. The molecule has 0 N–H and O–H groups in total. The number of nitriles is 1. The van der Waals surface area contributed by atoms with Crippen molar-refractivity contribution in [3.8, 4) is 6.07 Å². The van der Waals surface area contributed by atoms with Gasteiger partial charge in [-0.15, -0.1) is 0 Å². The maximum atomic E-state index is 12.5. The number of allylic oxidation sites excluding steroid dienone is 2. The van der Waals surface area contributed by atoms with Gasteiger partial charge in [0.1, 0.15) is 5.54 Å². The van der Waals surface area contributed by atoms with E-state index in [4.69, 9.17) is 0 Å². The number of carbonyl (C=O) groups excluding carboxylic acids is 2. The Morgan fingerprint density at radius 2 is 1.83 bits per heavy atom. The lowest BCUT2D eigenvalue weighted by molar-refractivity contribution is -0.145. The fraction of sp³-hybridized carbons (Fsp3) is 0.643. The monoisotopic (exact) mass is 244 g/mol. The van der Waals surface area contributed by atoms with E-state index in [1.807, 2.05) is 6.92 Å². The summed E-state index contributed by atoms with van der Waals surface area (Å²) in [6.45, 7) is 3.52. The maximum Gasteiger partial charge on any atom is 0.235 e. The number of carbonyl (C=O) groups is 2. The Hall–Kier alpha value is -1.63. The molecule has 1 aliphatic heterocycles. The number of nitrogens with zero attached hydrogens (tertiary/aromatic N) is 2. The number of amides is 2. The summed E-state index contributed by atoms with van der Waals surface area (Å²) in [5.41, 5.74) is -0.988. The van der Waals surface area contributed by atoms with Gasteiger partial charge in [-0.3, -0.25) is 14.5 Å². The molecule has 2 fully saturated rings. The number of hydrogen-bond acceptors (Lipinski definition) is 3. The lowest BCUT2D eigenvalue weighted by atomic mass is 9.85. The van der Waals surface area contributed by atoms with Crippen LogP contribution >= 0.6 is 0 Å². The van der Waals surface area contributed by atoms with Crippen LogP contribution in [0.2, 0.25) is 0 Å². The van der Waals surface area contributed by atoms with E-state index < -0.39 is 5.54 Å².